The molecule has 3 aromatic rings. The second-order valence-electron chi connectivity index (χ2n) is 6.18. The van der Waals surface area contributed by atoms with Crippen LogP contribution in [-0.2, 0) is 6.54 Å². The van der Waals surface area contributed by atoms with Gasteiger partial charge in [0.2, 0.25) is 0 Å². The van der Waals surface area contributed by atoms with Crippen LogP contribution in [-0.4, -0.2) is 29.3 Å². The first-order valence-corrected chi connectivity index (χ1v) is 8.78. The number of urea groups is 1. The molecule has 2 amide bonds. The van der Waals surface area contributed by atoms with Gasteiger partial charge in [-0.3, -0.25) is 4.98 Å². The third kappa shape index (κ3) is 4.58. The number of benzene rings is 2. The second-order valence-corrected chi connectivity index (χ2v) is 6.18. The molecule has 3 N–H and O–H groups in total. The molecule has 134 valence electrons. The predicted octanol–water partition coefficient (Wildman–Crippen LogP) is 3.20. The summed E-state index contributed by atoms with van der Waals surface area (Å²) in [6.45, 7) is 0.977. The lowest BCUT2D eigenvalue weighted by molar-refractivity contribution is 0.237. The van der Waals surface area contributed by atoms with Crippen molar-refractivity contribution in [3.63, 3.8) is 0 Å². The average Bonchev–Trinajstić information content (AvgIpc) is 2.70. The first kappa shape index (κ1) is 17.9. The zero-order valence-corrected chi connectivity index (χ0v) is 14.6. The topological polar surface area (TPSA) is 74.2 Å². The van der Waals surface area contributed by atoms with Crippen LogP contribution >= 0.6 is 0 Å². The lowest BCUT2D eigenvalue weighted by Gasteiger charge is -2.17. The van der Waals surface area contributed by atoms with E-state index in [0.717, 1.165) is 22.0 Å². The van der Waals surface area contributed by atoms with Crippen molar-refractivity contribution in [2.45, 2.75) is 18.9 Å². The van der Waals surface area contributed by atoms with E-state index in [9.17, 15) is 9.90 Å². The zero-order chi connectivity index (χ0) is 18.2. The summed E-state index contributed by atoms with van der Waals surface area (Å²) in [7, 11) is 0. The Morgan fingerprint density at radius 2 is 1.81 bits per heavy atom. The maximum absolute atomic E-state index is 12.2. The summed E-state index contributed by atoms with van der Waals surface area (Å²) in [6.07, 6.45) is 2.36. The highest BCUT2D eigenvalue weighted by molar-refractivity contribution is 5.82. The van der Waals surface area contributed by atoms with E-state index < -0.39 is 0 Å². The van der Waals surface area contributed by atoms with Gasteiger partial charge in [-0.25, -0.2) is 4.79 Å². The van der Waals surface area contributed by atoms with E-state index in [1.54, 1.807) is 6.20 Å². The summed E-state index contributed by atoms with van der Waals surface area (Å²) in [6, 6.07) is 19.5. The molecule has 5 nitrogen and oxygen atoms in total. The van der Waals surface area contributed by atoms with E-state index in [1.807, 2.05) is 60.7 Å². The van der Waals surface area contributed by atoms with Gasteiger partial charge in [0, 0.05) is 37.2 Å². The van der Waals surface area contributed by atoms with Gasteiger partial charge in [-0.2, -0.15) is 0 Å². The Labute approximate surface area is 153 Å². The lowest BCUT2D eigenvalue weighted by Crippen LogP contribution is -2.37. The van der Waals surface area contributed by atoms with Gasteiger partial charge in [-0.15, -0.1) is 0 Å². The molecule has 3 rings (SSSR count). The predicted molar refractivity (Wildman–Crippen MR) is 103 cm³/mol. The number of amides is 2. The van der Waals surface area contributed by atoms with Crippen molar-refractivity contribution in [3.05, 3.63) is 78.0 Å². The number of aliphatic hydroxyl groups excluding tert-OH is 1. The summed E-state index contributed by atoms with van der Waals surface area (Å²) < 4.78 is 0. The average molecular weight is 349 g/mol. The summed E-state index contributed by atoms with van der Waals surface area (Å²) in [5.41, 5.74) is 2.99. The number of para-hydroxylation sites is 1. The quantitative estimate of drug-likeness (QED) is 0.613. The Kier molecular flexibility index (Phi) is 6.17. The zero-order valence-electron chi connectivity index (χ0n) is 14.6. The van der Waals surface area contributed by atoms with Gasteiger partial charge in [-0.05, 0) is 23.6 Å². The van der Waals surface area contributed by atoms with Crippen LogP contribution in [0.2, 0.25) is 0 Å². The summed E-state index contributed by atoms with van der Waals surface area (Å²) >= 11 is 0. The van der Waals surface area contributed by atoms with Crippen LogP contribution < -0.4 is 10.6 Å². The van der Waals surface area contributed by atoms with Crippen molar-refractivity contribution >= 4 is 16.9 Å². The smallest absolute Gasteiger partial charge is 0.315 e. The number of aromatic nitrogens is 1. The fourth-order valence-electron chi connectivity index (χ4n) is 3.03. The number of pyridine rings is 1. The molecule has 0 aliphatic rings. The fraction of sp³-hybridized carbons (Fsp3) is 0.238. The molecule has 0 saturated carbocycles. The minimum Gasteiger partial charge on any atom is -0.396 e. The molecule has 0 aliphatic carbocycles. The van der Waals surface area contributed by atoms with Crippen molar-refractivity contribution in [1.29, 1.82) is 0 Å². The molecule has 0 aliphatic heterocycles. The van der Waals surface area contributed by atoms with Crippen molar-refractivity contribution in [3.8, 4) is 0 Å². The molecule has 1 aromatic heterocycles. The maximum atomic E-state index is 12.2. The van der Waals surface area contributed by atoms with Crippen LogP contribution in [0.3, 0.4) is 0 Å². The number of aliphatic hydroxyl groups is 1. The highest BCUT2D eigenvalue weighted by Crippen LogP contribution is 2.18. The normalized spacial score (nSPS) is 11.9. The summed E-state index contributed by atoms with van der Waals surface area (Å²) in [5.74, 6) is 0.0890. The highest BCUT2D eigenvalue weighted by atomic mass is 16.3. The van der Waals surface area contributed by atoms with Gasteiger partial charge in [0.1, 0.15) is 0 Å². The van der Waals surface area contributed by atoms with E-state index in [-0.39, 0.29) is 18.6 Å². The molecule has 5 heteroatoms. The van der Waals surface area contributed by atoms with Crippen LogP contribution in [0.15, 0.2) is 66.9 Å². The Hall–Kier alpha value is -2.92. The first-order chi connectivity index (χ1) is 12.8. The molecule has 0 fully saturated rings. The van der Waals surface area contributed by atoms with Crippen LogP contribution in [0.4, 0.5) is 4.79 Å². The third-order valence-electron chi connectivity index (χ3n) is 4.41. The molecule has 2 aromatic carbocycles. The molecule has 1 unspecified atom stereocenters. The maximum Gasteiger partial charge on any atom is 0.315 e. The van der Waals surface area contributed by atoms with Crippen LogP contribution in [0.5, 0.6) is 0 Å². The van der Waals surface area contributed by atoms with Crippen molar-refractivity contribution < 1.29 is 9.90 Å². The minimum absolute atomic E-state index is 0.0878. The fourth-order valence-corrected chi connectivity index (χ4v) is 3.03. The monoisotopic (exact) mass is 349 g/mol. The van der Waals surface area contributed by atoms with Gasteiger partial charge in [0.25, 0.3) is 0 Å². The standard InChI is InChI=1S/C21H23N3O2/c25-13-11-18(16-6-2-1-3-7-16)14-23-21(26)24-15-19-9-4-8-17-10-5-12-22-20(17)19/h1-10,12,18,25H,11,13-15H2,(H2,23,24,26). The van der Waals surface area contributed by atoms with Gasteiger partial charge in [0.05, 0.1) is 5.52 Å². The molecule has 0 radical (unpaired) electrons. The van der Waals surface area contributed by atoms with Crippen LogP contribution in [0.25, 0.3) is 10.9 Å². The number of hydrogen-bond acceptors (Lipinski definition) is 3. The summed E-state index contributed by atoms with van der Waals surface area (Å²) in [4.78, 5) is 16.6. The number of carbonyl (C=O) groups excluding carboxylic acids is 1. The van der Waals surface area contributed by atoms with E-state index in [1.165, 1.54) is 0 Å². The van der Waals surface area contributed by atoms with E-state index >= 15 is 0 Å². The number of carbonyl (C=O) groups is 1. The van der Waals surface area contributed by atoms with E-state index in [0.29, 0.717) is 19.5 Å². The second kappa shape index (κ2) is 8.97. The van der Waals surface area contributed by atoms with Gasteiger partial charge >= 0.3 is 6.03 Å². The molecule has 26 heavy (non-hydrogen) atoms. The van der Waals surface area contributed by atoms with Crippen molar-refractivity contribution in [1.82, 2.24) is 15.6 Å². The molecule has 0 bridgehead atoms. The van der Waals surface area contributed by atoms with Gasteiger partial charge in [0.15, 0.2) is 0 Å². The summed E-state index contributed by atoms with van der Waals surface area (Å²) in [5, 5.41) is 16.1. The number of fused-ring (bicyclic) bond motifs is 1. The molecule has 1 atom stereocenters. The van der Waals surface area contributed by atoms with Crippen molar-refractivity contribution in [2.24, 2.45) is 0 Å². The Bertz CT molecular complexity index is 847. The van der Waals surface area contributed by atoms with E-state index in [4.69, 9.17) is 0 Å². The van der Waals surface area contributed by atoms with E-state index in [2.05, 4.69) is 15.6 Å². The Morgan fingerprint density at radius 3 is 2.62 bits per heavy atom. The van der Waals surface area contributed by atoms with Gasteiger partial charge in [-0.1, -0.05) is 54.6 Å². The largest absolute Gasteiger partial charge is 0.396 e. The van der Waals surface area contributed by atoms with Crippen molar-refractivity contribution in [2.75, 3.05) is 13.2 Å². The number of rotatable bonds is 7. The third-order valence-corrected chi connectivity index (χ3v) is 4.41. The molecular weight excluding hydrogens is 326 g/mol. The minimum atomic E-state index is -0.225. The Morgan fingerprint density at radius 1 is 1.00 bits per heavy atom. The Balaban J connectivity index is 1.56. The molecule has 0 spiro atoms. The molecule has 1 heterocycles. The van der Waals surface area contributed by atoms with Gasteiger partial charge < -0.3 is 15.7 Å². The first-order valence-electron chi connectivity index (χ1n) is 8.78. The van der Waals surface area contributed by atoms with Crippen LogP contribution in [0.1, 0.15) is 23.5 Å². The van der Waals surface area contributed by atoms with Crippen LogP contribution in [0, 0.1) is 0 Å². The number of hydrogen-bond donors (Lipinski definition) is 3. The highest BCUT2D eigenvalue weighted by Gasteiger charge is 2.12. The number of nitrogens with one attached hydrogen (secondary N) is 2. The lowest BCUT2D eigenvalue weighted by atomic mass is 9.96. The number of nitrogens with zero attached hydrogens (tertiary/aromatic N) is 1. The molecular formula is C21H23N3O2. The SMILES string of the molecule is O=C(NCc1cccc2cccnc12)NCC(CCO)c1ccccc1. The molecule has 0 saturated heterocycles.